The van der Waals surface area contributed by atoms with Crippen molar-refractivity contribution in [2.24, 2.45) is 0 Å². The molecule has 1 aromatic rings. The van der Waals surface area contributed by atoms with E-state index in [0.29, 0.717) is 0 Å². The van der Waals surface area contributed by atoms with Crippen LogP contribution in [0.2, 0.25) is 0 Å². The lowest BCUT2D eigenvalue weighted by atomic mass is 9.92. The summed E-state index contributed by atoms with van der Waals surface area (Å²) >= 11 is 0. The van der Waals surface area contributed by atoms with Crippen molar-refractivity contribution in [2.75, 3.05) is 0 Å². The third kappa shape index (κ3) is 2.41. The summed E-state index contributed by atoms with van der Waals surface area (Å²) in [6.45, 7) is 5.76. The van der Waals surface area contributed by atoms with Gasteiger partial charge in [-0.05, 0) is 25.8 Å². The Morgan fingerprint density at radius 2 is 1.85 bits per heavy atom. The molecule has 0 radical (unpaired) electrons. The first kappa shape index (κ1) is 9.97. The molecular formula is C12H16O. The first-order valence-corrected chi connectivity index (χ1v) is 4.72. The van der Waals surface area contributed by atoms with Crippen LogP contribution in [0.5, 0.6) is 0 Å². The summed E-state index contributed by atoms with van der Waals surface area (Å²) < 4.78 is 0. The van der Waals surface area contributed by atoms with Gasteiger partial charge in [0.1, 0.15) is 5.78 Å². The first-order valence-electron chi connectivity index (χ1n) is 4.72. The summed E-state index contributed by atoms with van der Waals surface area (Å²) in [5, 5.41) is 0. The minimum Gasteiger partial charge on any atom is -0.299 e. The smallest absolute Gasteiger partial charge is 0.137 e. The predicted octanol–water partition coefficient (Wildman–Crippen LogP) is 3.08. The minimum atomic E-state index is 0.0839. The predicted molar refractivity (Wildman–Crippen MR) is 54.9 cm³/mol. The summed E-state index contributed by atoms with van der Waals surface area (Å²) in [5.74, 6) is 0.340. The van der Waals surface area contributed by atoms with Gasteiger partial charge < -0.3 is 0 Å². The number of carbonyl (C=O) groups excluding carboxylic acids is 1. The first-order chi connectivity index (χ1) is 6.15. The maximum atomic E-state index is 11.3. The van der Waals surface area contributed by atoms with Gasteiger partial charge in [0.15, 0.2) is 0 Å². The van der Waals surface area contributed by atoms with E-state index in [0.717, 1.165) is 12.0 Å². The van der Waals surface area contributed by atoms with Gasteiger partial charge in [0.05, 0.1) is 0 Å². The monoisotopic (exact) mass is 176 g/mol. The van der Waals surface area contributed by atoms with E-state index in [9.17, 15) is 4.79 Å². The van der Waals surface area contributed by atoms with Crippen LogP contribution < -0.4 is 0 Å². The Bertz CT molecular complexity index is 284. The summed E-state index contributed by atoms with van der Waals surface area (Å²) in [6.07, 6.45) is 0.887. The lowest BCUT2D eigenvalue weighted by Crippen LogP contribution is -2.07. The maximum absolute atomic E-state index is 11.3. The van der Waals surface area contributed by atoms with Crippen molar-refractivity contribution in [3.63, 3.8) is 0 Å². The van der Waals surface area contributed by atoms with Gasteiger partial charge in [0, 0.05) is 5.92 Å². The van der Waals surface area contributed by atoms with Crippen molar-refractivity contribution in [2.45, 2.75) is 33.1 Å². The van der Waals surface area contributed by atoms with E-state index >= 15 is 0 Å². The molecule has 0 saturated carbocycles. The van der Waals surface area contributed by atoms with E-state index < -0.39 is 0 Å². The van der Waals surface area contributed by atoms with E-state index in [4.69, 9.17) is 0 Å². The van der Waals surface area contributed by atoms with Gasteiger partial charge in [-0.15, -0.1) is 0 Å². The van der Waals surface area contributed by atoms with Gasteiger partial charge >= 0.3 is 0 Å². The molecule has 13 heavy (non-hydrogen) atoms. The molecule has 0 saturated heterocycles. The topological polar surface area (TPSA) is 17.1 Å². The molecule has 1 aromatic carbocycles. The number of aryl methyl sites for hydroxylation is 1. The Labute approximate surface area is 79.8 Å². The number of benzene rings is 1. The fraction of sp³-hybridized carbons (Fsp3) is 0.417. The van der Waals surface area contributed by atoms with Crippen LogP contribution in [0.1, 0.15) is 37.3 Å². The normalized spacial score (nSPS) is 12.5. The molecule has 0 aromatic heterocycles. The van der Waals surface area contributed by atoms with Crippen molar-refractivity contribution in [1.82, 2.24) is 0 Å². The molecule has 1 rings (SSSR count). The Hall–Kier alpha value is -1.11. The minimum absolute atomic E-state index is 0.0839. The van der Waals surface area contributed by atoms with Crippen LogP contribution in [-0.4, -0.2) is 5.78 Å². The van der Waals surface area contributed by atoms with E-state index in [-0.39, 0.29) is 11.7 Å². The Morgan fingerprint density at radius 3 is 2.23 bits per heavy atom. The second kappa shape index (κ2) is 4.22. The number of hydrogen-bond donors (Lipinski definition) is 0. The Kier molecular flexibility index (Phi) is 3.24. The zero-order valence-electron chi connectivity index (χ0n) is 8.50. The van der Waals surface area contributed by atoms with Gasteiger partial charge in [-0.2, -0.15) is 0 Å². The molecule has 0 aliphatic heterocycles. The molecule has 0 bridgehead atoms. The van der Waals surface area contributed by atoms with Crippen molar-refractivity contribution >= 4 is 5.78 Å². The molecule has 0 heterocycles. The van der Waals surface area contributed by atoms with Crippen molar-refractivity contribution in [1.29, 1.82) is 0 Å². The Morgan fingerprint density at radius 1 is 1.31 bits per heavy atom. The molecule has 1 unspecified atom stereocenters. The Balaban J connectivity index is 2.92. The number of hydrogen-bond acceptors (Lipinski definition) is 1. The zero-order valence-corrected chi connectivity index (χ0v) is 8.50. The highest BCUT2D eigenvalue weighted by atomic mass is 16.1. The number of ketones is 1. The lowest BCUT2D eigenvalue weighted by Gasteiger charge is -2.11. The fourth-order valence-electron chi connectivity index (χ4n) is 1.56. The average Bonchev–Trinajstić information content (AvgIpc) is 2.09. The van der Waals surface area contributed by atoms with Gasteiger partial charge in [-0.3, -0.25) is 4.79 Å². The fourth-order valence-corrected chi connectivity index (χ4v) is 1.56. The summed E-state index contributed by atoms with van der Waals surface area (Å²) in [6, 6.07) is 8.21. The van der Waals surface area contributed by atoms with Crippen LogP contribution in [0.15, 0.2) is 24.3 Å². The molecule has 1 nitrogen and oxygen atoms in total. The van der Waals surface area contributed by atoms with E-state index in [1.54, 1.807) is 6.92 Å². The largest absolute Gasteiger partial charge is 0.299 e. The third-order valence-corrected chi connectivity index (χ3v) is 2.38. The van der Waals surface area contributed by atoms with E-state index in [2.05, 4.69) is 19.1 Å². The van der Waals surface area contributed by atoms with Crippen LogP contribution in [0.4, 0.5) is 0 Å². The molecule has 0 N–H and O–H groups in total. The van der Waals surface area contributed by atoms with Crippen LogP contribution in [0, 0.1) is 6.92 Å². The van der Waals surface area contributed by atoms with Gasteiger partial charge in [0.25, 0.3) is 0 Å². The van der Waals surface area contributed by atoms with Gasteiger partial charge in [0.2, 0.25) is 0 Å². The second-order valence-electron chi connectivity index (χ2n) is 3.48. The zero-order chi connectivity index (χ0) is 9.84. The molecule has 0 spiro atoms. The van der Waals surface area contributed by atoms with Crippen molar-refractivity contribution in [3.8, 4) is 0 Å². The van der Waals surface area contributed by atoms with Crippen molar-refractivity contribution < 1.29 is 4.79 Å². The SMILES string of the molecule is CCC(C(C)=O)c1ccc(C)cc1. The number of carbonyl (C=O) groups is 1. The molecule has 70 valence electrons. The quantitative estimate of drug-likeness (QED) is 0.691. The van der Waals surface area contributed by atoms with Crippen LogP contribution >= 0.6 is 0 Å². The molecule has 0 aliphatic rings. The molecule has 0 amide bonds. The van der Waals surface area contributed by atoms with Crippen LogP contribution in [-0.2, 0) is 4.79 Å². The summed E-state index contributed by atoms with van der Waals surface area (Å²) in [4.78, 5) is 11.3. The lowest BCUT2D eigenvalue weighted by molar-refractivity contribution is -0.118. The molecular weight excluding hydrogens is 160 g/mol. The molecule has 0 fully saturated rings. The number of rotatable bonds is 3. The molecule has 0 aliphatic carbocycles. The molecule has 1 heteroatoms. The summed E-state index contributed by atoms with van der Waals surface area (Å²) in [7, 11) is 0. The standard InChI is InChI=1S/C12H16O/c1-4-12(10(3)13)11-7-5-9(2)6-8-11/h5-8,12H,4H2,1-3H3. The third-order valence-electron chi connectivity index (χ3n) is 2.38. The van der Waals surface area contributed by atoms with Crippen LogP contribution in [0.3, 0.4) is 0 Å². The summed E-state index contributed by atoms with van der Waals surface area (Å²) in [5.41, 5.74) is 2.38. The van der Waals surface area contributed by atoms with Gasteiger partial charge in [-0.1, -0.05) is 36.8 Å². The maximum Gasteiger partial charge on any atom is 0.137 e. The average molecular weight is 176 g/mol. The highest BCUT2D eigenvalue weighted by Gasteiger charge is 2.13. The van der Waals surface area contributed by atoms with Crippen LogP contribution in [0.25, 0.3) is 0 Å². The van der Waals surface area contributed by atoms with Crippen molar-refractivity contribution in [3.05, 3.63) is 35.4 Å². The van der Waals surface area contributed by atoms with Gasteiger partial charge in [-0.25, -0.2) is 0 Å². The molecule has 1 atom stereocenters. The van der Waals surface area contributed by atoms with E-state index in [1.807, 2.05) is 19.1 Å². The highest BCUT2D eigenvalue weighted by Crippen LogP contribution is 2.20. The second-order valence-corrected chi connectivity index (χ2v) is 3.48. The number of Topliss-reactive ketones (excluding diaryl/α,β-unsaturated/α-hetero) is 1. The highest BCUT2D eigenvalue weighted by molar-refractivity contribution is 5.83. The van der Waals surface area contributed by atoms with E-state index in [1.165, 1.54) is 5.56 Å².